The number of benzene rings is 1. The normalized spacial score (nSPS) is 12.7. The van der Waals surface area contributed by atoms with Crippen molar-refractivity contribution in [3.63, 3.8) is 0 Å². The molecule has 0 spiro atoms. The van der Waals surface area contributed by atoms with Crippen LogP contribution in [0.5, 0.6) is 0 Å². The van der Waals surface area contributed by atoms with Crippen molar-refractivity contribution in [2.75, 3.05) is 6.26 Å². The molecular weight excluding hydrogens is 246 g/mol. The first-order valence-corrected chi connectivity index (χ1v) is 7.63. The Bertz CT molecular complexity index is 517. The second-order valence-corrected chi connectivity index (χ2v) is 6.40. The van der Waals surface area contributed by atoms with E-state index in [9.17, 15) is 0 Å². The highest BCUT2D eigenvalue weighted by Gasteiger charge is 2.16. The van der Waals surface area contributed by atoms with E-state index in [0.29, 0.717) is 0 Å². The van der Waals surface area contributed by atoms with Crippen LogP contribution in [0.4, 0.5) is 0 Å². The zero-order chi connectivity index (χ0) is 12.4. The lowest BCUT2D eigenvalue weighted by Gasteiger charge is -2.15. The van der Waals surface area contributed by atoms with E-state index in [1.54, 1.807) is 11.8 Å². The Morgan fingerprint density at radius 1 is 1.18 bits per heavy atom. The van der Waals surface area contributed by atoms with Crippen molar-refractivity contribution in [1.29, 1.82) is 0 Å². The average Bonchev–Trinajstić information content (AvgIpc) is 2.67. The highest BCUT2D eigenvalue weighted by Crippen LogP contribution is 2.33. The number of rotatable bonds is 3. The zero-order valence-electron chi connectivity index (χ0n) is 10.4. The lowest BCUT2D eigenvalue weighted by Crippen LogP contribution is -2.12. The SMILES string of the molecule is CSc1ccccc1C(N)c1cc(C)sc1C. The van der Waals surface area contributed by atoms with Gasteiger partial charge in [-0.25, -0.2) is 0 Å². The Morgan fingerprint density at radius 2 is 1.88 bits per heavy atom. The molecule has 0 saturated carbocycles. The molecule has 0 bridgehead atoms. The predicted molar refractivity (Wildman–Crippen MR) is 78.0 cm³/mol. The van der Waals surface area contributed by atoms with Gasteiger partial charge in [-0.05, 0) is 43.4 Å². The van der Waals surface area contributed by atoms with Crippen LogP contribution in [0.25, 0.3) is 0 Å². The summed E-state index contributed by atoms with van der Waals surface area (Å²) in [5.41, 5.74) is 8.88. The van der Waals surface area contributed by atoms with E-state index in [0.717, 1.165) is 0 Å². The van der Waals surface area contributed by atoms with Crippen LogP contribution >= 0.6 is 23.1 Å². The average molecular weight is 263 g/mol. The Hall–Kier alpha value is -0.770. The minimum absolute atomic E-state index is 0.0106. The van der Waals surface area contributed by atoms with Crippen molar-refractivity contribution in [2.45, 2.75) is 24.8 Å². The molecule has 2 aromatic rings. The van der Waals surface area contributed by atoms with E-state index in [2.05, 4.69) is 50.4 Å². The fourth-order valence-electron chi connectivity index (χ4n) is 2.05. The molecular formula is C14H17NS2. The van der Waals surface area contributed by atoms with Gasteiger partial charge in [0, 0.05) is 14.6 Å². The van der Waals surface area contributed by atoms with Crippen molar-refractivity contribution in [3.8, 4) is 0 Å². The molecule has 3 heteroatoms. The van der Waals surface area contributed by atoms with Gasteiger partial charge in [0.1, 0.15) is 0 Å². The zero-order valence-corrected chi connectivity index (χ0v) is 12.0. The topological polar surface area (TPSA) is 26.0 Å². The van der Waals surface area contributed by atoms with Gasteiger partial charge in [0.2, 0.25) is 0 Å². The molecule has 2 rings (SSSR count). The van der Waals surface area contributed by atoms with Gasteiger partial charge in [-0.15, -0.1) is 23.1 Å². The number of hydrogen-bond donors (Lipinski definition) is 1. The van der Waals surface area contributed by atoms with Crippen LogP contribution in [0.3, 0.4) is 0 Å². The molecule has 90 valence electrons. The molecule has 0 amide bonds. The highest BCUT2D eigenvalue weighted by atomic mass is 32.2. The van der Waals surface area contributed by atoms with Crippen LogP contribution in [-0.4, -0.2) is 6.26 Å². The number of hydrogen-bond acceptors (Lipinski definition) is 3. The Morgan fingerprint density at radius 3 is 2.47 bits per heavy atom. The maximum absolute atomic E-state index is 6.40. The summed E-state index contributed by atoms with van der Waals surface area (Å²) in [6.07, 6.45) is 2.09. The molecule has 0 aliphatic carbocycles. The van der Waals surface area contributed by atoms with Gasteiger partial charge in [0.15, 0.2) is 0 Å². The van der Waals surface area contributed by atoms with Gasteiger partial charge < -0.3 is 5.73 Å². The molecule has 1 heterocycles. The number of nitrogens with two attached hydrogens (primary N) is 1. The molecule has 1 nitrogen and oxygen atoms in total. The summed E-state index contributed by atoms with van der Waals surface area (Å²) in [5.74, 6) is 0. The lowest BCUT2D eigenvalue weighted by atomic mass is 10.00. The van der Waals surface area contributed by atoms with E-state index >= 15 is 0 Å². The fraction of sp³-hybridized carbons (Fsp3) is 0.286. The van der Waals surface area contributed by atoms with Gasteiger partial charge >= 0.3 is 0 Å². The van der Waals surface area contributed by atoms with Crippen molar-refractivity contribution in [1.82, 2.24) is 0 Å². The highest BCUT2D eigenvalue weighted by molar-refractivity contribution is 7.98. The second-order valence-electron chi connectivity index (χ2n) is 4.09. The van der Waals surface area contributed by atoms with Gasteiger partial charge in [0.05, 0.1) is 6.04 Å². The third-order valence-electron chi connectivity index (χ3n) is 2.89. The molecule has 0 aliphatic rings. The van der Waals surface area contributed by atoms with Crippen molar-refractivity contribution in [3.05, 3.63) is 51.2 Å². The van der Waals surface area contributed by atoms with Crippen molar-refractivity contribution >= 4 is 23.1 Å². The molecule has 1 atom stereocenters. The van der Waals surface area contributed by atoms with Crippen LogP contribution in [-0.2, 0) is 0 Å². The van der Waals surface area contributed by atoms with Crippen LogP contribution in [0.1, 0.15) is 26.9 Å². The summed E-state index contributed by atoms with van der Waals surface area (Å²) in [7, 11) is 0. The molecule has 2 N–H and O–H groups in total. The van der Waals surface area contributed by atoms with Crippen LogP contribution in [0, 0.1) is 13.8 Å². The Kier molecular flexibility index (Phi) is 3.92. The number of thiophene rings is 1. The molecule has 1 aromatic heterocycles. The second kappa shape index (κ2) is 5.25. The summed E-state index contributed by atoms with van der Waals surface area (Å²) in [5, 5.41) is 0. The molecule has 1 unspecified atom stereocenters. The van der Waals surface area contributed by atoms with Crippen molar-refractivity contribution in [2.24, 2.45) is 5.73 Å². The monoisotopic (exact) mass is 263 g/mol. The smallest absolute Gasteiger partial charge is 0.0573 e. The Labute approximate surface area is 111 Å². The first-order valence-electron chi connectivity index (χ1n) is 5.59. The van der Waals surface area contributed by atoms with E-state index in [1.807, 2.05) is 11.3 Å². The predicted octanol–water partition coefficient (Wildman–Crippen LogP) is 4.13. The molecule has 0 radical (unpaired) electrons. The first kappa shape index (κ1) is 12.7. The minimum atomic E-state index is -0.0106. The van der Waals surface area contributed by atoms with Crippen LogP contribution in [0.15, 0.2) is 35.2 Å². The number of thioether (sulfide) groups is 1. The fourth-order valence-corrected chi connectivity index (χ4v) is 3.67. The minimum Gasteiger partial charge on any atom is -0.320 e. The Balaban J connectivity index is 2.43. The third-order valence-corrected chi connectivity index (χ3v) is 4.68. The van der Waals surface area contributed by atoms with E-state index < -0.39 is 0 Å². The van der Waals surface area contributed by atoms with Crippen molar-refractivity contribution < 1.29 is 0 Å². The van der Waals surface area contributed by atoms with Crippen LogP contribution < -0.4 is 5.73 Å². The standard InChI is InChI=1S/C14H17NS2/c1-9-8-12(10(2)17-9)14(15)11-6-4-5-7-13(11)16-3/h4-8,14H,15H2,1-3H3. The maximum atomic E-state index is 6.40. The largest absolute Gasteiger partial charge is 0.320 e. The quantitative estimate of drug-likeness (QED) is 0.842. The van der Waals surface area contributed by atoms with Gasteiger partial charge in [0.25, 0.3) is 0 Å². The van der Waals surface area contributed by atoms with E-state index in [1.165, 1.54) is 25.8 Å². The summed E-state index contributed by atoms with van der Waals surface area (Å²) >= 11 is 3.57. The molecule has 0 saturated heterocycles. The maximum Gasteiger partial charge on any atom is 0.0573 e. The van der Waals surface area contributed by atoms with Gasteiger partial charge in [-0.3, -0.25) is 0 Å². The van der Waals surface area contributed by atoms with Crippen LogP contribution in [0.2, 0.25) is 0 Å². The summed E-state index contributed by atoms with van der Waals surface area (Å²) in [4.78, 5) is 3.92. The summed E-state index contributed by atoms with van der Waals surface area (Å²) in [6, 6.07) is 10.6. The molecule has 17 heavy (non-hydrogen) atoms. The first-order chi connectivity index (χ1) is 8.13. The van der Waals surface area contributed by atoms with E-state index in [4.69, 9.17) is 5.73 Å². The molecule has 0 fully saturated rings. The number of aryl methyl sites for hydroxylation is 2. The third kappa shape index (κ3) is 2.57. The van der Waals surface area contributed by atoms with Gasteiger partial charge in [-0.2, -0.15) is 0 Å². The summed E-state index contributed by atoms with van der Waals surface area (Å²) < 4.78 is 0. The summed E-state index contributed by atoms with van der Waals surface area (Å²) in [6.45, 7) is 4.28. The molecule has 1 aromatic carbocycles. The van der Waals surface area contributed by atoms with E-state index in [-0.39, 0.29) is 6.04 Å². The lowest BCUT2D eigenvalue weighted by molar-refractivity contribution is 0.845. The van der Waals surface area contributed by atoms with Gasteiger partial charge in [-0.1, -0.05) is 18.2 Å². The molecule has 0 aliphatic heterocycles.